The molecule has 2 saturated heterocycles. The number of rotatable bonds is 7. The van der Waals surface area contributed by atoms with E-state index >= 15 is 0 Å². The maximum Gasteiger partial charge on any atom is 0.191 e. The lowest BCUT2D eigenvalue weighted by atomic mass is 9.92. The Labute approximate surface area is 176 Å². The standard InChI is InChI=1S/C22H42N4OS/c1-3-23-21(24-18-22(28-4-2)12-15-27-16-13-22)25-19-9-8-14-26(17-19)20-10-6-5-7-11-20/h19-20H,3-18H2,1-2H3,(H2,23,24,25). The van der Waals surface area contributed by atoms with Gasteiger partial charge in [0.15, 0.2) is 5.96 Å². The van der Waals surface area contributed by atoms with Crippen LogP contribution in [-0.4, -0.2) is 72.8 Å². The lowest BCUT2D eigenvalue weighted by Crippen LogP contribution is -2.54. The predicted molar refractivity (Wildman–Crippen MR) is 121 cm³/mol. The van der Waals surface area contributed by atoms with Crippen molar-refractivity contribution in [2.24, 2.45) is 4.99 Å². The molecule has 2 N–H and O–H groups in total. The summed E-state index contributed by atoms with van der Waals surface area (Å²) in [5.74, 6) is 2.17. The van der Waals surface area contributed by atoms with Crippen molar-refractivity contribution in [3.05, 3.63) is 0 Å². The molecule has 2 aliphatic heterocycles. The summed E-state index contributed by atoms with van der Waals surface area (Å²) < 4.78 is 5.88. The monoisotopic (exact) mass is 410 g/mol. The quantitative estimate of drug-likeness (QED) is 0.496. The molecule has 1 atom stereocenters. The van der Waals surface area contributed by atoms with Crippen molar-refractivity contribution in [3.8, 4) is 0 Å². The Balaban J connectivity index is 1.57. The van der Waals surface area contributed by atoms with Crippen LogP contribution in [0.5, 0.6) is 0 Å². The van der Waals surface area contributed by atoms with E-state index in [-0.39, 0.29) is 4.75 Å². The second-order valence-electron chi connectivity index (χ2n) is 8.69. The van der Waals surface area contributed by atoms with Crippen LogP contribution in [0.2, 0.25) is 0 Å². The third-order valence-electron chi connectivity index (χ3n) is 6.61. The van der Waals surface area contributed by atoms with E-state index in [1.54, 1.807) is 0 Å². The Morgan fingerprint density at radius 1 is 1.11 bits per heavy atom. The van der Waals surface area contributed by atoms with E-state index in [1.807, 2.05) is 0 Å². The Bertz CT molecular complexity index is 470. The first kappa shape index (κ1) is 22.2. The van der Waals surface area contributed by atoms with Gasteiger partial charge in [-0.2, -0.15) is 11.8 Å². The Hall–Kier alpha value is -0.460. The maximum atomic E-state index is 5.62. The number of piperidine rings is 1. The van der Waals surface area contributed by atoms with Gasteiger partial charge < -0.3 is 15.4 Å². The van der Waals surface area contributed by atoms with Crippen LogP contribution in [0.25, 0.3) is 0 Å². The van der Waals surface area contributed by atoms with Crippen LogP contribution in [0.15, 0.2) is 4.99 Å². The number of guanidine groups is 1. The number of nitrogens with zero attached hydrogens (tertiary/aromatic N) is 2. The molecule has 3 fully saturated rings. The van der Waals surface area contributed by atoms with Crippen LogP contribution in [0.1, 0.15) is 71.6 Å². The van der Waals surface area contributed by atoms with Gasteiger partial charge >= 0.3 is 0 Å². The van der Waals surface area contributed by atoms with Gasteiger partial charge in [0, 0.05) is 43.1 Å². The van der Waals surface area contributed by atoms with Crippen LogP contribution < -0.4 is 10.6 Å². The molecule has 28 heavy (non-hydrogen) atoms. The SMILES string of the molecule is CCNC(=NCC1(SCC)CCOCC1)NC1CCCN(C2CCCCC2)C1. The van der Waals surface area contributed by atoms with Crippen LogP contribution in [-0.2, 0) is 4.74 Å². The minimum atomic E-state index is 0.260. The highest BCUT2D eigenvalue weighted by Crippen LogP contribution is 2.35. The van der Waals surface area contributed by atoms with Crippen molar-refractivity contribution >= 4 is 17.7 Å². The summed E-state index contributed by atoms with van der Waals surface area (Å²) in [6.07, 6.45) is 11.9. The van der Waals surface area contributed by atoms with E-state index in [4.69, 9.17) is 9.73 Å². The zero-order chi connectivity index (χ0) is 19.7. The molecule has 6 heteroatoms. The number of ether oxygens (including phenoxy) is 1. The molecule has 0 aromatic rings. The van der Waals surface area contributed by atoms with Gasteiger partial charge in [0.2, 0.25) is 0 Å². The van der Waals surface area contributed by atoms with E-state index in [0.717, 1.165) is 56.9 Å². The minimum Gasteiger partial charge on any atom is -0.381 e. The van der Waals surface area contributed by atoms with E-state index in [1.165, 1.54) is 58.0 Å². The van der Waals surface area contributed by atoms with Gasteiger partial charge in [-0.05, 0) is 57.7 Å². The fraction of sp³-hybridized carbons (Fsp3) is 0.955. The summed E-state index contributed by atoms with van der Waals surface area (Å²) in [5, 5.41) is 7.28. The van der Waals surface area contributed by atoms with Gasteiger partial charge in [0.1, 0.15) is 0 Å². The second kappa shape index (κ2) is 11.7. The van der Waals surface area contributed by atoms with E-state index in [2.05, 4.69) is 41.1 Å². The molecular weight excluding hydrogens is 368 g/mol. The number of likely N-dealkylation sites (tertiary alicyclic amines) is 1. The maximum absolute atomic E-state index is 5.62. The fourth-order valence-corrected chi connectivity index (χ4v) is 6.26. The summed E-state index contributed by atoms with van der Waals surface area (Å²) in [5.41, 5.74) is 0. The molecule has 3 rings (SSSR count). The van der Waals surface area contributed by atoms with Crippen molar-refractivity contribution in [2.75, 3.05) is 45.1 Å². The summed E-state index contributed by atoms with van der Waals surface area (Å²) >= 11 is 2.07. The molecule has 0 radical (unpaired) electrons. The molecule has 0 aromatic carbocycles. The highest BCUT2D eigenvalue weighted by atomic mass is 32.2. The van der Waals surface area contributed by atoms with Gasteiger partial charge in [-0.15, -0.1) is 0 Å². The summed E-state index contributed by atoms with van der Waals surface area (Å²) in [7, 11) is 0. The van der Waals surface area contributed by atoms with Gasteiger partial charge in [-0.3, -0.25) is 9.89 Å². The van der Waals surface area contributed by atoms with Gasteiger partial charge in [0.25, 0.3) is 0 Å². The topological polar surface area (TPSA) is 48.9 Å². The van der Waals surface area contributed by atoms with Crippen LogP contribution in [0.4, 0.5) is 0 Å². The molecule has 5 nitrogen and oxygen atoms in total. The second-order valence-corrected chi connectivity index (χ2v) is 10.4. The molecule has 0 bridgehead atoms. The first-order valence-electron chi connectivity index (χ1n) is 11.8. The summed E-state index contributed by atoms with van der Waals surface area (Å²) in [6, 6.07) is 1.35. The van der Waals surface area contributed by atoms with E-state index in [9.17, 15) is 0 Å². The number of thioether (sulfide) groups is 1. The van der Waals surface area contributed by atoms with Gasteiger partial charge in [-0.25, -0.2) is 0 Å². The fourth-order valence-electron chi connectivity index (χ4n) is 5.04. The average Bonchev–Trinajstić information content (AvgIpc) is 2.74. The molecule has 0 spiro atoms. The van der Waals surface area contributed by atoms with Crippen LogP contribution >= 0.6 is 11.8 Å². The number of nitrogens with one attached hydrogen (secondary N) is 2. The zero-order valence-electron chi connectivity index (χ0n) is 18.2. The van der Waals surface area contributed by atoms with Gasteiger partial charge in [-0.1, -0.05) is 26.2 Å². The van der Waals surface area contributed by atoms with Crippen LogP contribution in [0.3, 0.4) is 0 Å². The van der Waals surface area contributed by atoms with E-state index < -0.39 is 0 Å². The number of hydrogen-bond acceptors (Lipinski definition) is 4. The first-order valence-corrected chi connectivity index (χ1v) is 12.7. The molecule has 162 valence electrons. The number of hydrogen-bond donors (Lipinski definition) is 2. The first-order chi connectivity index (χ1) is 13.7. The van der Waals surface area contributed by atoms with Crippen molar-refractivity contribution in [2.45, 2.75) is 88.5 Å². The minimum absolute atomic E-state index is 0.260. The Morgan fingerprint density at radius 3 is 2.61 bits per heavy atom. The lowest BCUT2D eigenvalue weighted by molar-refractivity contribution is 0.0793. The largest absolute Gasteiger partial charge is 0.381 e. The molecule has 1 aliphatic carbocycles. The molecule has 2 heterocycles. The smallest absolute Gasteiger partial charge is 0.191 e. The van der Waals surface area contributed by atoms with Crippen LogP contribution in [0, 0.1) is 0 Å². The lowest BCUT2D eigenvalue weighted by Gasteiger charge is -2.40. The highest BCUT2D eigenvalue weighted by molar-refractivity contribution is 8.00. The normalized spacial score (nSPS) is 27.5. The van der Waals surface area contributed by atoms with Crippen molar-refractivity contribution in [3.63, 3.8) is 0 Å². The summed E-state index contributed by atoms with van der Waals surface area (Å²) in [4.78, 5) is 7.82. The molecule has 1 saturated carbocycles. The number of aliphatic imine (C=N–C) groups is 1. The Morgan fingerprint density at radius 2 is 1.89 bits per heavy atom. The average molecular weight is 411 g/mol. The van der Waals surface area contributed by atoms with E-state index in [0.29, 0.717) is 6.04 Å². The van der Waals surface area contributed by atoms with Gasteiger partial charge in [0.05, 0.1) is 6.54 Å². The van der Waals surface area contributed by atoms with Crippen molar-refractivity contribution in [1.29, 1.82) is 0 Å². The Kier molecular flexibility index (Phi) is 9.25. The molecule has 0 amide bonds. The highest BCUT2D eigenvalue weighted by Gasteiger charge is 2.33. The molecule has 3 aliphatic rings. The third-order valence-corrected chi connectivity index (χ3v) is 8.05. The molecular formula is C22H42N4OS. The molecule has 1 unspecified atom stereocenters. The zero-order valence-corrected chi connectivity index (χ0v) is 19.0. The molecule has 0 aromatic heterocycles. The predicted octanol–water partition coefficient (Wildman–Crippen LogP) is 3.64. The van der Waals surface area contributed by atoms with Crippen molar-refractivity contribution in [1.82, 2.24) is 15.5 Å². The summed E-state index contributed by atoms with van der Waals surface area (Å²) in [6.45, 7) is 10.5. The third kappa shape index (κ3) is 6.53. The van der Waals surface area contributed by atoms with Crippen molar-refractivity contribution < 1.29 is 4.74 Å².